The summed E-state index contributed by atoms with van der Waals surface area (Å²) in [5.74, 6) is -0.0192. The lowest BCUT2D eigenvalue weighted by molar-refractivity contribution is -0.123. The summed E-state index contributed by atoms with van der Waals surface area (Å²) in [6, 6.07) is 0. The third-order valence-electron chi connectivity index (χ3n) is 1.58. The van der Waals surface area contributed by atoms with Gasteiger partial charge in [0.1, 0.15) is 0 Å². The van der Waals surface area contributed by atoms with Gasteiger partial charge in [0.15, 0.2) is 0 Å². The molecule has 0 aliphatic rings. The van der Waals surface area contributed by atoms with Crippen LogP contribution in [-0.4, -0.2) is 47.2 Å². The summed E-state index contributed by atoms with van der Waals surface area (Å²) >= 11 is 0. The number of amides is 1. The van der Waals surface area contributed by atoms with Gasteiger partial charge in [0, 0.05) is 12.1 Å². The van der Waals surface area contributed by atoms with Gasteiger partial charge in [-0.2, -0.15) is 0 Å². The van der Waals surface area contributed by atoms with Gasteiger partial charge in [-0.05, 0) is 41.7 Å². The number of likely N-dealkylation sites (N-methyl/N-ethyl adjacent to an activating group) is 1. The second-order valence-electron chi connectivity index (χ2n) is 5.78. The zero-order chi connectivity index (χ0) is 12.3. The molecule has 0 spiro atoms. The minimum atomic E-state index is -0.767. The highest BCUT2D eigenvalue weighted by molar-refractivity contribution is 5.78. The Labute approximate surface area is 92.7 Å². The van der Waals surface area contributed by atoms with Gasteiger partial charge in [0.2, 0.25) is 5.91 Å². The molecular formula is C11H24N2O2. The monoisotopic (exact) mass is 216 g/mol. The lowest BCUT2D eigenvalue weighted by Gasteiger charge is -2.27. The van der Waals surface area contributed by atoms with E-state index in [0.717, 1.165) is 0 Å². The van der Waals surface area contributed by atoms with E-state index in [9.17, 15) is 9.90 Å². The zero-order valence-corrected chi connectivity index (χ0v) is 10.7. The molecule has 0 fully saturated rings. The van der Waals surface area contributed by atoms with Gasteiger partial charge < -0.3 is 10.4 Å². The van der Waals surface area contributed by atoms with E-state index in [4.69, 9.17) is 0 Å². The highest BCUT2D eigenvalue weighted by atomic mass is 16.3. The summed E-state index contributed by atoms with van der Waals surface area (Å²) in [5.41, 5.74) is -0.969. The summed E-state index contributed by atoms with van der Waals surface area (Å²) in [4.78, 5) is 13.3. The SMILES string of the molecule is CN(CC(=O)NC(C)(C)C)CC(C)(C)O. The van der Waals surface area contributed by atoms with Crippen LogP contribution in [0.1, 0.15) is 34.6 Å². The smallest absolute Gasteiger partial charge is 0.234 e. The molecule has 0 radical (unpaired) electrons. The molecule has 2 N–H and O–H groups in total. The summed E-state index contributed by atoms with van der Waals surface area (Å²) < 4.78 is 0. The first-order valence-corrected chi connectivity index (χ1v) is 5.21. The molecule has 0 atom stereocenters. The quantitative estimate of drug-likeness (QED) is 0.723. The Bertz CT molecular complexity index is 214. The molecule has 0 aliphatic heterocycles. The molecule has 0 unspecified atom stereocenters. The van der Waals surface area contributed by atoms with Gasteiger partial charge in [-0.3, -0.25) is 9.69 Å². The Hall–Kier alpha value is -0.610. The van der Waals surface area contributed by atoms with Crippen LogP contribution < -0.4 is 5.32 Å². The fourth-order valence-corrected chi connectivity index (χ4v) is 1.42. The minimum Gasteiger partial charge on any atom is -0.389 e. The highest BCUT2D eigenvalue weighted by Crippen LogP contribution is 2.03. The third kappa shape index (κ3) is 9.69. The number of hydrogen-bond acceptors (Lipinski definition) is 3. The molecule has 0 aromatic carbocycles. The first-order chi connectivity index (χ1) is 6.49. The molecule has 4 heteroatoms. The van der Waals surface area contributed by atoms with E-state index >= 15 is 0 Å². The zero-order valence-electron chi connectivity index (χ0n) is 10.7. The number of hydrogen-bond donors (Lipinski definition) is 2. The fraction of sp³-hybridized carbons (Fsp3) is 0.909. The number of aliphatic hydroxyl groups is 1. The molecule has 4 nitrogen and oxygen atoms in total. The molecule has 0 aliphatic carbocycles. The molecule has 0 rings (SSSR count). The maximum absolute atomic E-state index is 11.5. The van der Waals surface area contributed by atoms with Crippen LogP contribution in [0.4, 0.5) is 0 Å². The number of nitrogens with one attached hydrogen (secondary N) is 1. The standard InChI is InChI=1S/C11H24N2O2/c1-10(2,3)12-9(14)7-13(6)8-11(4,5)15/h15H,7-8H2,1-6H3,(H,12,14). The van der Waals surface area contributed by atoms with Gasteiger partial charge in [-0.25, -0.2) is 0 Å². The van der Waals surface area contributed by atoms with Crippen molar-refractivity contribution < 1.29 is 9.90 Å². The van der Waals surface area contributed by atoms with Gasteiger partial charge in [0.25, 0.3) is 0 Å². The summed E-state index contributed by atoms with van der Waals surface area (Å²) in [5, 5.41) is 12.4. The van der Waals surface area contributed by atoms with Crippen molar-refractivity contribution in [1.82, 2.24) is 10.2 Å². The van der Waals surface area contributed by atoms with Crippen LogP contribution in [0, 0.1) is 0 Å². The molecule has 0 heterocycles. The van der Waals surface area contributed by atoms with Crippen LogP contribution in [0.5, 0.6) is 0 Å². The Balaban J connectivity index is 3.98. The molecule has 0 aromatic heterocycles. The van der Waals surface area contributed by atoms with Gasteiger partial charge in [-0.1, -0.05) is 0 Å². The molecule has 15 heavy (non-hydrogen) atoms. The van der Waals surface area contributed by atoms with Crippen molar-refractivity contribution >= 4 is 5.91 Å². The van der Waals surface area contributed by atoms with Crippen LogP contribution in [0.3, 0.4) is 0 Å². The Morgan fingerprint density at radius 3 is 2.07 bits per heavy atom. The van der Waals surface area contributed by atoms with Crippen molar-refractivity contribution in [2.24, 2.45) is 0 Å². The van der Waals surface area contributed by atoms with E-state index in [1.807, 2.05) is 27.8 Å². The number of rotatable bonds is 4. The summed E-state index contributed by atoms with van der Waals surface area (Å²) in [6.07, 6.45) is 0. The highest BCUT2D eigenvalue weighted by Gasteiger charge is 2.19. The van der Waals surface area contributed by atoms with Crippen LogP contribution in [-0.2, 0) is 4.79 Å². The van der Waals surface area contributed by atoms with Gasteiger partial charge in [-0.15, -0.1) is 0 Å². The van der Waals surface area contributed by atoms with Crippen molar-refractivity contribution in [3.63, 3.8) is 0 Å². The first kappa shape index (κ1) is 14.4. The predicted molar refractivity (Wildman–Crippen MR) is 61.7 cm³/mol. The number of nitrogens with zero attached hydrogens (tertiary/aromatic N) is 1. The second-order valence-corrected chi connectivity index (χ2v) is 5.78. The molecule has 0 saturated carbocycles. The Morgan fingerprint density at radius 2 is 1.73 bits per heavy atom. The largest absolute Gasteiger partial charge is 0.389 e. The maximum Gasteiger partial charge on any atom is 0.234 e. The molecule has 0 saturated heterocycles. The van der Waals surface area contributed by atoms with Crippen LogP contribution >= 0.6 is 0 Å². The topological polar surface area (TPSA) is 52.6 Å². The van der Waals surface area contributed by atoms with Gasteiger partial charge >= 0.3 is 0 Å². The Morgan fingerprint density at radius 1 is 1.27 bits per heavy atom. The van der Waals surface area contributed by atoms with E-state index < -0.39 is 5.60 Å². The maximum atomic E-state index is 11.5. The summed E-state index contributed by atoms with van der Waals surface area (Å²) in [7, 11) is 1.82. The molecule has 0 bridgehead atoms. The Kier molecular flexibility index (Phi) is 4.74. The van der Waals surface area contributed by atoms with E-state index in [2.05, 4.69) is 5.32 Å². The lowest BCUT2D eigenvalue weighted by atomic mass is 10.1. The second kappa shape index (κ2) is 4.94. The van der Waals surface area contributed by atoms with Crippen LogP contribution in [0.2, 0.25) is 0 Å². The average molecular weight is 216 g/mol. The van der Waals surface area contributed by atoms with E-state index in [0.29, 0.717) is 13.1 Å². The van der Waals surface area contributed by atoms with Crippen LogP contribution in [0.15, 0.2) is 0 Å². The average Bonchev–Trinajstić information content (AvgIpc) is 1.73. The van der Waals surface area contributed by atoms with E-state index in [-0.39, 0.29) is 11.4 Å². The van der Waals surface area contributed by atoms with Crippen molar-refractivity contribution in [1.29, 1.82) is 0 Å². The van der Waals surface area contributed by atoms with E-state index in [1.54, 1.807) is 18.7 Å². The lowest BCUT2D eigenvalue weighted by Crippen LogP contribution is -2.47. The van der Waals surface area contributed by atoms with Gasteiger partial charge in [0.05, 0.1) is 12.1 Å². The molecule has 1 amide bonds. The van der Waals surface area contributed by atoms with Crippen molar-refractivity contribution in [3.8, 4) is 0 Å². The molecule has 90 valence electrons. The van der Waals surface area contributed by atoms with Crippen LogP contribution in [0.25, 0.3) is 0 Å². The number of carbonyl (C=O) groups excluding carboxylic acids is 1. The van der Waals surface area contributed by atoms with E-state index in [1.165, 1.54) is 0 Å². The minimum absolute atomic E-state index is 0.0192. The van der Waals surface area contributed by atoms with Crippen molar-refractivity contribution in [2.75, 3.05) is 20.1 Å². The molecule has 0 aromatic rings. The third-order valence-corrected chi connectivity index (χ3v) is 1.58. The van der Waals surface area contributed by atoms with Crippen molar-refractivity contribution in [2.45, 2.75) is 45.8 Å². The number of carbonyl (C=O) groups is 1. The summed E-state index contributed by atoms with van der Waals surface area (Å²) in [6.45, 7) is 10.1. The fourth-order valence-electron chi connectivity index (χ4n) is 1.42. The predicted octanol–water partition coefficient (Wildman–Crippen LogP) is 0.604. The molecular weight excluding hydrogens is 192 g/mol. The first-order valence-electron chi connectivity index (χ1n) is 5.21. The van der Waals surface area contributed by atoms with Crippen molar-refractivity contribution in [3.05, 3.63) is 0 Å². The normalized spacial score (nSPS) is 13.1.